The van der Waals surface area contributed by atoms with E-state index in [1.165, 1.54) is 18.4 Å². The molecule has 16 heavy (non-hydrogen) atoms. The number of nitrogen functional groups attached to an aromatic ring is 1. The molecule has 1 aromatic heterocycles. The zero-order valence-corrected chi connectivity index (χ0v) is 9.20. The molecule has 0 unspecified atom stereocenters. The predicted molar refractivity (Wildman–Crippen MR) is 62.9 cm³/mol. The van der Waals surface area contributed by atoms with Crippen LogP contribution < -0.4 is 5.73 Å². The lowest BCUT2D eigenvalue weighted by Crippen LogP contribution is -1.92. The number of nitrogens with one attached hydrogen (secondary N) is 1. The second-order valence-corrected chi connectivity index (χ2v) is 4.41. The van der Waals surface area contributed by atoms with Crippen molar-refractivity contribution < 1.29 is 0 Å². The minimum absolute atomic E-state index is 0.590. The van der Waals surface area contributed by atoms with Crippen molar-refractivity contribution >= 4 is 5.69 Å². The Bertz CT molecular complexity index is 526. The van der Waals surface area contributed by atoms with E-state index in [0.29, 0.717) is 11.7 Å². The van der Waals surface area contributed by atoms with E-state index in [1.54, 1.807) is 0 Å². The van der Waals surface area contributed by atoms with Crippen molar-refractivity contribution in [2.45, 2.75) is 25.7 Å². The first-order chi connectivity index (χ1) is 7.74. The Labute approximate surface area is 93.9 Å². The van der Waals surface area contributed by atoms with Crippen molar-refractivity contribution in [2.75, 3.05) is 5.73 Å². The lowest BCUT2D eigenvalue weighted by Gasteiger charge is -2.01. The standard InChI is InChI=1S/C12H14N4/c1-7-2-5-10(13)9(6-7)12-14-11(15-16-12)8-3-4-8/h2,5-6,8H,3-4,13H2,1H3,(H,14,15,16). The van der Waals surface area contributed by atoms with E-state index < -0.39 is 0 Å². The lowest BCUT2D eigenvalue weighted by atomic mass is 10.1. The largest absolute Gasteiger partial charge is 0.398 e. The van der Waals surface area contributed by atoms with Crippen molar-refractivity contribution in [3.63, 3.8) is 0 Å². The van der Waals surface area contributed by atoms with Gasteiger partial charge in [-0.2, -0.15) is 5.10 Å². The number of benzene rings is 1. The molecule has 1 heterocycles. The molecule has 3 rings (SSSR count). The Morgan fingerprint density at radius 1 is 1.38 bits per heavy atom. The number of aromatic amines is 1. The van der Waals surface area contributed by atoms with Gasteiger partial charge < -0.3 is 5.73 Å². The van der Waals surface area contributed by atoms with Gasteiger partial charge in [-0.25, -0.2) is 4.98 Å². The minimum Gasteiger partial charge on any atom is -0.398 e. The zero-order valence-electron chi connectivity index (χ0n) is 9.20. The van der Waals surface area contributed by atoms with Crippen molar-refractivity contribution in [1.82, 2.24) is 15.2 Å². The minimum atomic E-state index is 0.590. The number of H-pyrrole nitrogens is 1. The van der Waals surface area contributed by atoms with Gasteiger partial charge in [-0.3, -0.25) is 5.10 Å². The molecule has 0 aliphatic heterocycles. The highest BCUT2D eigenvalue weighted by Crippen LogP contribution is 2.38. The Kier molecular flexibility index (Phi) is 1.96. The van der Waals surface area contributed by atoms with Crippen LogP contribution in [0.1, 0.15) is 30.1 Å². The molecule has 0 saturated heterocycles. The molecule has 0 bridgehead atoms. The average Bonchev–Trinajstić information content (AvgIpc) is 3.01. The molecule has 4 heteroatoms. The van der Waals surface area contributed by atoms with E-state index in [2.05, 4.69) is 15.2 Å². The molecule has 4 nitrogen and oxygen atoms in total. The molecule has 0 radical (unpaired) electrons. The molecule has 0 spiro atoms. The molecule has 1 aromatic carbocycles. The summed E-state index contributed by atoms with van der Waals surface area (Å²) < 4.78 is 0. The predicted octanol–water partition coefficient (Wildman–Crippen LogP) is 2.24. The first kappa shape index (κ1) is 9.39. The lowest BCUT2D eigenvalue weighted by molar-refractivity contribution is 0.935. The third kappa shape index (κ3) is 1.56. The number of hydrogen-bond acceptors (Lipinski definition) is 3. The molecule has 0 amide bonds. The summed E-state index contributed by atoms with van der Waals surface area (Å²) in [5.74, 6) is 2.30. The van der Waals surface area contributed by atoms with Crippen molar-refractivity contribution in [3.05, 3.63) is 29.6 Å². The number of anilines is 1. The van der Waals surface area contributed by atoms with Crippen LogP contribution in [0, 0.1) is 6.92 Å². The maximum atomic E-state index is 5.93. The zero-order chi connectivity index (χ0) is 11.1. The summed E-state index contributed by atoms with van der Waals surface area (Å²) in [6.45, 7) is 2.04. The van der Waals surface area contributed by atoms with Crippen LogP contribution in [0.2, 0.25) is 0 Å². The maximum absolute atomic E-state index is 5.93. The summed E-state index contributed by atoms with van der Waals surface area (Å²) >= 11 is 0. The summed E-state index contributed by atoms with van der Waals surface area (Å²) in [6, 6.07) is 5.92. The van der Waals surface area contributed by atoms with Crippen LogP contribution in [0.5, 0.6) is 0 Å². The fourth-order valence-corrected chi connectivity index (χ4v) is 1.80. The van der Waals surface area contributed by atoms with Crippen molar-refractivity contribution in [1.29, 1.82) is 0 Å². The van der Waals surface area contributed by atoms with E-state index in [1.807, 2.05) is 25.1 Å². The van der Waals surface area contributed by atoms with Crippen LogP contribution in [-0.4, -0.2) is 15.2 Å². The van der Waals surface area contributed by atoms with E-state index in [-0.39, 0.29) is 0 Å². The molecule has 1 aliphatic rings. The van der Waals surface area contributed by atoms with E-state index >= 15 is 0 Å². The van der Waals surface area contributed by atoms with Gasteiger partial charge in [-0.15, -0.1) is 0 Å². The van der Waals surface area contributed by atoms with Crippen LogP contribution in [0.3, 0.4) is 0 Å². The molecular weight excluding hydrogens is 200 g/mol. The van der Waals surface area contributed by atoms with Gasteiger partial charge in [0.1, 0.15) is 5.82 Å². The number of aryl methyl sites for hydroxylation is 1. The van der Waals surface area contributed by atoms with Gasteiger partial charge in [-0.05, 0) is 31.9 Å². The summed E-state index contributed by atoms with van der Waals surface area (Å²) in [7, 11) is 0. The highest BCUT2D eigenvalue weighted by atomic mass is 15.2. The topological polar surface area (TPSA) is 67.6 Å². The van der Waals surface area contributed by atoms with Crippen LogP contribution >= 0.6 is 0 Å². The van der Waals surface area contributed by atoms with Gasteiger partial charge >= 0.3 is 0 Å². The monoisotopic (exact) mass is 214 g/mol. The molecule has 1 aliphatic carbocycles. The average molecular weight is 214 g/mol. The molecule has 1 saturated carbocycles. The molecular formula is C12H14N4. The summed E-state index contributed by atoms with van der Waals surface area (Å²) in [4.78, 5) is 4.50. The van der Waals surface area contributed by atoms with Gasteiger partial charge in [0.2, 0.25) is 0 Å². The SMILES string of the molecule is Cc1ccc(N)c(-c2n[nH]c(C3CC3)n2)c1. The fourth-order valence-electron chi connectivity index (χ4n) is 1.80. The molecule has 1 fully saturated rings. The van der Waals surface area contributed by atoms with Gasteiger partial charge in [0.15, 0.2) is 5.82 Å². The van der Waals surface area contributed by atoms with E-state index in [0.717, 1.165) is 17.1 Å². The highest BCUT2D eigenvalue weighted by molar-refractivity contribution is 5.71. The van der Waals surface area contributed by atoms with E-state index in [4.69, 9.17) is 5.73 Å². The second kappa shape index (κ2) is 3.33. The molecule has 2 aromatic rings. The van der Waals surface area contributed by atoms with Crippen molar-refractivity contribution in [3.8, 4) is 11.4 Å². The van der Waals surface area contributed by atoms with Crippen LogP contribution in [0.15, 0.2) is 18.2 Å². The van der Waals surface area contributed by atoms with Crippen LogP contribution in [-0.2, 0) is 0 Å². The Balaban J connectivity index is 2.03. The number of rotatable bonds is 2. The summed E-state index contributed by atoms with van der Waals surface area (Å²) in [5, 5.41) is 7.23. The number of aromatic nitrogens is 3. The molecule has 3 N–H and O–H groups in total. The Morgan fingerprint density at radius 2 is 2.19 bits per heavy atom. The van der Waals surface area contributed by atoms with Gasteiger partial charge in [-0.1, -0.05) is 11.6 Å². The summed E-state index contributed by atoms with van der Waals surface area (Å²) in [6.07, 6.45) is 2.44. The van der Waals surface area contributed by atoms with Crippen LogP contribution in [0.4, 0.5) is 5.69 Å². The Morgan fingerprint density at radius 3 is 2.94 bits per heavy atom. The maximum Gasteiger partial charge on any atom is 0.183 e. The molecule has 82 valence electrons. The number of nitrogens with zero attached hydrogens (tertiary/aromatic N) is 2. The Hall–Kier alpha value is -1.84. The number of hydrogen-bond donors (Lipinski definition) is 2. The fraction of sp³-hybridized carbons (Fsp3) is 0.333. The van der Waals surface area contributed by atoms with Gasteiger partial charge in [0, 0.05) is 17.2 Å². The normalized spacial score (nSPS) is 15.3. The smallest absolute Gasteiger partial charge is 0.183 e. The second-order valence-electron chi connectivity index (χ2n) is 4.41. The van der Waals surface area contributed by atoms with Crippen molar-refractivity contribution in [2.24, 2.45) is 0 Å². The molecule has 0 atom stereocenters. The first-order valence-electron chi connectivity index (χ1n) is 5.53. The van der Waals surface area contributed by atoms with Gasteiger partial charge in [0.25, 0.3) is 0 Å². The third-order valence-corrected chi connectivity index (χ3v) is 2.92. The highest BCUT2D eigenvalue weighted by Gasteiger charge is 2.27. The third-order valence-electron chi connectivity index (χ3n) is 2.92. The number of nitrogens with two attached hydrogens (primary N) is 1. The summed E-state index contributed by atoms with van der Waals surface area (Å²) in [5.41, 5.74) is 8.75. The quantitative estimate of drug-likeness (QED) is 0.753. The van der Waals surface area contributed by atoms with E-state index in [9.17, 15) is 0 Å². The first-order valence-corrected chi connectivity index (χ1v) is 5.53. The van der Waals surface area contributed by atoms with Crippen LogP contribution in [0.25, 0.3) is 11.4 Å². The van der Waals surface area contributed by atoms with Gasteiger partial charge in [0.05, 0.1) is 0 Å².